The van der Waals surface area contributed by atoms with E-state index in [2.05, 4.69) is 22.0 Å². The van der Waals surface area contributed by atoms with Crippen LogP contribution in [0.3, 0.4) is 0 Å². The Morgan fingerprint density at radius 3 is 2.31 bits per heavy atom. The van der Waals surface area contributed by atoms with Crippen LogP contribution in [0.1, 0.15) is 66.2 Å². The van der Waals surface area contributed by atoms with Crippen LogP contribution in [0.4, 0.5) is 16.6 Å². The Labute approximate surface area is 265 Å². The number of fused-ring (bicyclic) bond motifs is 2. The number of amides is 3. The number of aromatic nitrogens is 2. The predicted molar refractivity (Wildman–Crippen MR) is 174 cm³/mol. The first-order valence-electron chi connectivity index (χ1n) is 15.5. The van der Waals surface area contributed by atoms with Crippen molar-refractivity contribution in [1.29, 1.82) is 0 Å². The number of likely N-dealkylation sites (N-methyl/N-ethyl adjacent to an activating group) is 1. The highest BCUT2D eigenvalue weighted by Crippen LogP contribution is 2.33. The van der Waals surface area contributed by atoms with Gasteiger partial charge in [-0.15, -0.1) is 0 Å². The fourth-order valence-corrected chi connectivity index (χ4v) is 6.16. The molecule has 2 aliphatic heterocycles. The molecule has 3 amide bonds. The smallest absolute Gasteiger partial charge is 0.410 e. The van der Waals surface area contributed by atoms with Gasteiger partial charge in [0.05, 0.1) is 17.8 Å². The second kappa shape index (κ2) is 14.1. The summed E-state index contributed by atoms with van der Waals surface area (Å²) < 4.78 is 5.59. The number of rotatable bonds is 9. The summed E-state index contributed by atoms with van der Waals surface area (Å²) in [5.41, 5.74) is 6.22. The lowest BCUT2D eigenvalue weighted by Gasteiger charge is -2.41. The number of hydrogen-bond acceptors (Lipinski definition) is 10. The van der Waals surface area contributed by atoms with E-state index < -0.39 is 5.60 Å². The van der Waals surface area contributed by atoms with E-state index in [0.29, 0.717) is 30.4 Å². The topological polar surface area (TPSA) is 150 Å². The van der Waals surface area contributed by atoms with E-state index in [1.165, 1.54) is 6.08 Å². The SMILES string of the molecule is C=N/C(=C\C=C(/N)C(=O)N1CC2CCC(C1)N2C(=O)OC(C)(C)C)Nc1nccc(N(/C(=C\C)C(=O)N(C)C)C2CCCC2)n1. The maximum atomic E-state index is 13.3. The second-order valence-electron chi connectivity index (χ2n) is 12.9. The maximum absolute atomic E-state index is 13.3. The molecule has 3 N–H and O–H groups in total. The molecular weight excluding hydrogens is 574 g/mol. The maximum Gasteiger partial charge on any atom is 0.410 e. The molecule has 1 aromatic rings. The third-order valence-electron chi connectivity index (χ3n) is 8.19. The van der Waals surface area contributed by atoms with Gasteiger partial charge in [0.25, 0.3) is 11.8 Å². The number of carbonyl (C=O) groups excluding carboxylic acids is 3. The molecule has 3 fully saturated rings. The van der Waals surface area contributed by atoms with Crippen LogP contribution in [0.25, 0.3) is 0 Å². The molecule has 0 spiro atoms. The number of hydrogen-bond donors (Lipinski definition) is 2. The van der Waals surface area contributed by atoms with Crippen molar-refractivity contribution in [2.45, 2.75) is 89.9 Å². The monoisotopic (exact) mass is 621 g/mol. The van der Waals surface area contributed by atoms with Crippen LogP contribution in [0.15, 0.2) is 52.7 Å². The lowest BCUT2D eigenvalue weighted by molar-refractivity contribution is -0.130. The number of nitrogens with two attached hydrogens (primary N) is 1. The van der Waals surface area contributed by atoms with Gasteiger partial charge in [0.15, 0.2) is 0 Å². The van der Waals surface area contributed by atoms with Crippen LogP contribution in [0.2, 0.25) is 0 Å². The third kappa shape index (κ3) is 8.00. The second-order valence-corrected chi connectivity index (χ2v) is 12.9. The van der Waals surface area contributed by atoms with Gasteiger partial charge in [-0.25, -0.2) is 14.8 Å². The number of carbonyl (C=O) groups is 3. The number of aliphatic imine (C=N–C) groups is 1. The van der Waals surface area contributed by atoms with Gasteiger partial charge in [-0.1, -0.05) is 18.9 Å². The van der Waals surface area contributed by atoms with Gasteiger partial charge in [-0.3, -0.25) is 14.5 Å². The summed E-state index contributed by atoms with van der Waals surface area (Å²) in [6.07, 6.45) is 11.8. The Hall–Kier alpha value is -4.42. The summed E-state index contributed by atoms with van der Waals surface area (Å²) in [6, 6.07) is 1.71. The van der Waals surface area contributed by atoms with Crippen molar-refractivity contribution >= 4 is 36.4 Å². The molecule has 2 unspecified atom stereocenters. The molecule has 4 rings (SSSR count). The Bertz CT molecular complexity index is 1360. The number of likely N-dealkylation sites (tertiary alicyclic amines) is 1. The molecule has 13 nitrogen and oxygen atoms in total. The highest BCUT2D eigenvalue weighted by Gasteiger charge is 2.45. The van der Waals surface area contributed by atoms with E-state index in [-0.39, 0.29) is 47.7 Å². The minimum atomic E-state index is -0.587. The van der Waals surface area contributed by atoms with Crippen molar-refractivity contribution in [2.24, 2.45) is 10.7 Å². The molecule has 1 saturated carbocycles. The lowest BCUT2D eigenvalue weighted by atomic mass is 10.1. The van der Waals surface area contributed by atoms with Crippen LogP contribution >= 0.6 is 0 Å². The highest BCUT2D eigenvalue weighted by atomic mass is 16.6. The number of ether oxygens (including phenoxy) is 1. The quantitative estimate of drug-likeness (QED) is 0.239. The number of piperazine rings is 1. The van der Waals surface area contributed by atoms with Crippen molar-refractivity contribution in [2.75, 3.05) is 37.4 Å². The Kier molecular flexibility index (Phi) is 10.5. The molecule has 0 radical (unpaired) electrons. The summed E-state index contributed by atoms with van der Waals surface area (Å²) in [6.45, 7) is 11.8. The van der Waals surface area contributed by atoms with Crippen molar-refractivity contribution in [3.05, 3.63) is 47.7 Å². The average Bonchev–Trinajstić information content (AvgIpc) is 3.61. The van der Waals surface area contributed by atoms with E-state index in [0.717, 1.165) is 38.5 Å². The van der Waals surface area contributed by atoms with Gasteiger partial charge in [-0.05, 0) is 78.3 Å². The molecule has 2 atom stereocenters. The fourth-order valence-electron chi connectivity index (χ4n) is 6.16. The van der Waals surface area contributed by atoms with Crippen LogP contribution in [0, 0.1) is 0 Å². The number of nitrogens with one attached hydrogen (secondary N) is 1. The van der Waals surface area contributed by atoms with Crippen LogP contribution < -0.4 is 16.0 Å². The first kappa shape index (κ1) is 33.5. The summed E-state index contributed by atoms with van der Waals surface area (Å²) in [5.74, 6) is 0.730. The molecule has 2 bridgehead atoms. The normalized spacial score (nSPS) is 21.1. The third-order valence-corrected chi connectivity index (χ3v) is 8.19. The summed E-state index contributed by atoms with van der Waals surface area (Å²) in [5, 5.41) is 3.04. The van der Waals surface area contributed by atoms with Gasteiger partial charge in [0.2, 0.25) is 5.95 Å². The number of anilines is 2. The molecule has 3 aliphatic rings. The van der Waals surface area contributed by atoms with E-state index in [9.17, 15) is 14.4 Å². The standard InChI is InChI=1S/C32H47N9O4/c1-8-25(29(43)38(6)7)41(21-11-9-10-12-21)27-17-18-35-30(37-27)36-26(34-5)16-15-24(33)28(42)39-19-22-13-14-23(20-39)40(22)31(44)45-32(2,3)4/h8,15-18,21-23H,5,9-14,19-20,33H2,1-4,6-7H3,(H,35,36,37)/b24-15-,25-8-,26-16+. The first-order valence-corrected chi connectivity index (χ1v) is 15.5. The van der Waals surface area contributed by atoms with Crippen molar-refractivity contribution < 1.29 is 19.1 Å². The molecule has 13 heteroatoms. The predicted octanol–water partition coefficient (Wildman–Crippen LogP) is 3.62. The van der Waals surface area contributed by atoms with Crippen molar-refractivity contribution in [3.63, 3.8) is 0 Å². The molecule has 0 aromatic carbocycles. The van der Waals surface area contributed by atoms with Crippen molar-refractivity contribution in [1.82, 2.24) is 24.7 Å². The summed E-state index contributed by atoms with van der Waals surface area (Å²) >= 11 is 0. The van der Waals surface area contributed by atoms with Gasteiger partial charge >= 0.3 is 6.09 Å². The van der Waals surface area contributed by atoms with Gasteiger partial charge in [0, 0.05) is 39.4 Å². The molecule has 1 aliphatic carbocycles. The molecule has 2 saturated heterocycles. The zero-order valence-electron chi connectivity index (χ0n) is 27.3. The fraction of sp³-hybridized carbons (Fsp3) is 0.562. The Morgan fingerprint density at radius 2 is 1.76 bits per heavy atom. The minimum absolute atomic E-state index is 0.0325. The first-order chi connectivity index (χ1) is 21.3. The van der Waals surface area contributed by atoms with Gasteiger partial charge in [-0.2, -0.15) is 4.98 Å². The highest BCUT2D eigenvalue weighted by molar-refractivity contribution is 5.96. The average molecular weight is 622 g/mol. The van der Waals surface area contributed by atoms with Crippen molar-refractivity contribution in [3.8, 4) is 0 Å². The lowest BCUT2D eigenvalue weighted by Crippen LogP contribution is -2.58. The number of allylic oxidation sites excluding steroid dienone is 3. The summed E-state index contributed by atoms with van der Waals surface area (Å²) in [7, 11) is 3.47. The zero-order valence-corrected chi connectivity index (χ0v) is 27.3. The molecular formula is C32H47N9O4. The molecule has 1 aromatic heterocycles. The van der Waals surface area contributed by atoms with E-state index in [1.807, 2.05) is 38.7 Å². The summed E-state index contributed by atoms with van der Waals surface area (Å²) in [4.78, 5) is 59.2. The molecule has 45 heavy (non-hydrogen) atoms. The van der Waals surface area contributed by atoms with Crippen LogP contribution in [0.5, 0.6) is 0 Å². The van der Waals surface area contributed by atoms with Crippen LogP contribution in [-0.4, -0.2) is 100 Å². The number of nitrogens with zero attached hydrogens (tertiary/aromatic N) is 7. The van der Waals surface area contributed by atoms with Gasteiger partial charge in [0.1, 0.15) is 22.9 Å². The largest absolute Gasteiger partial charge is 0.444 e. The molecule has 244 valence electrons. The van der Waals surface area contributed by atoms with Gasteiger partial charge < -0.3 is 30.5 Å². The van der Waals surface area contributed by atoms with Crippen LogP contribution in [-0.2, 0) is 14.3 Å². The van der Waals surface area contributed by atoms with E-state index in [1.54, 1.807) is 47.1 Å². The van der Waals surface area contributed by atoms with E-state index in [4.69, 9.17) is 15.5 Å². The zero-order chi connectivity index (χ0) is 32.9. The minimum Gasteiger partial charge on any atom is -0.444 e. The Morgan fingerprint density at radius 1 is 1.11 bits per heavy atom. The van der Waals surface area contributed by atoms with E-state index >= 15 is 0 Å². The molecule has 3 heterocycles. The Balaban J connectivity index is 1.47.